The Labute approximate surface area is 235 Å². The molecule has 11 nitrogen and oxygen atoms in total. The molecule has 3 aromatic carbocycles. The molecule has 0 saturated heterocycles. The molecule has 1 aliphatic heterocycles. The molecule has 0 aliphatic carbocycles. The van der Waals surface area contributed by atoms with Gasteiger partial charge in [-0.1, -0.05) is 6.07 Å². The van der Waals surface area contributed by atoms with Crippen LogP contribution in [-0.4, -0.2) is 59.6 Å². The third-order valence-electron chi connectivity index (χ3n) is 6.92. The Morgan fingerprint density at radius 2 is 1.85 bits per heavy atom. The standard InChI is InChI=1S/C28H26AsN6O5/c36-28-20-6-5-7-22-26(20)34(16-15-30-28)27(31-22)18-8-10-19(11-9-18)39-17-4-2-1-3-14-29-21-12-13-23(35(37)38)25-24(21)32-40-33-25/h5-13H,1-4,14-17H2,(H,30,36). The Kier molecular flexibility index (Phi) is 7.46. The molecule has 5 aromatic rings. The third kappa shape index (κ3) is 5.16. The van der Waals surface area contributed by atoms with Gasteiger partial charge in [-0.3, -0.25) is 4.79 Å². The van der Waals surface area contributed by atoms with Crippen molar-refractivity contribution in [2.75, 3.05) is 13.2 Å². The van der Waals surface area contributed by atoms with Crippen molar-refractivity contribution in [3.63, 3.8) is 0 Å². The zero-order chi connectivity index (χ0) is 27.5. The molecule has 0 spiro atoms. The summed E-state index contributed by atoms with van der Waals surface area (Å²) in [6.45, 7) is 1.88. The molecule has 0 bridgehead atoms. The van der Waals surface area contributed by atoms with E-state index in [0.29, 0.717) is 30.8 Å². The van der Waals surface area contributed by atoms with Gasteiger partial charge in [-0.25, -0.2) is 4.98 Å². The van der Waals surface area contributed by atoms with Gasteiger partial charge in [-0.15, -0.1) is 0 Å². The molecule has 203 valence electrons. The van der Waals surface area contributed by atoms with Crippen molar-refractivity contribution in [3.8, 4) is 17.1 Å². The first-order chi connectivity index (χ1) is 19.6. The van der Waals surface area contributed by atoms with Crippen molar-refractivity contribution in [2.24, 2.45) is 0 Å². The van der Waals surface area contributed by atoms with Crippen molar-refractivity contribution >= 4 is 53.8 Å². The SMILES string of the molecule is O=C1NCCn2c(-c3ccc(OCCCCCC[As]c4ccc([N+](=O)[O-])c5nonc45)cc3)nc3cccc1c32. The quantitative estimate of drug-likeness (QED) is 0.103. The topological polar surface area (TPSA) is 138 Å². The number of benzene rings is 3. The fourth-order valence-electron chi connectivity index (χ4n) is 4.96. The van der Waals surface area contributed by atoms with Crippen molar-refractivity contribution in [1.29, 1.82) is 0 Å². The number of fused-ring (bicyclic) bond motifs is 1. The molecule has 40 heavy (non-hydrogen) atoms. The summed E-state index contributed by atoms with van der Waals surface area (Å²) in [5, 5.41) is 22.7. The van der Waals surface area contributed by atoms with E-state index in [1.807, 2.05) is 42.5 Å². The van der Waals surface area contributed by atoms with Crippen LogP contribution in [0.2, 0.25) is 5.21 Å². The maximum absolute atomic E-state index is 12.4. The average Bonchev–Trinajstić information content (AvgIpc) is 3.56. The molecule has 0 unspecified atom stereocenters. The second-order valence-electron chi connectivity index (χ2n) is 9.51. The predicted molar refractivity (Wildman–Crippen MR) is 150 cm³/mol. The fraction of sp³-hybridized carbons (Fsp3) is 0.286. The molecular formula is C28H26AsN6O5. The number of hydrogen-bond donors (Lipinski definition) is 1. The number of nitro groups is 1. The molecule has 0 atom stereocenters. The zero-order valence-corrected chi connectivity index (χ0v) is 23.5. The first-order valence-electron chi connectivity index (χ1n) is 13.2. The van der Waals surface area contributed by atoms with E-state index in [4.69, 9.17) is 14.3 Å². The number of hydrogen-bond acceptors (Lipinski definition) is 8. The molecular weight excluding hydrogens is 575 g/mol. The minimum absolute atomic E-state index is 0.0593. The van der Waals surface area contributed by atoms with Crippen LogP contribution in [0.4, 0.5) is 5.69 Å². The molecule has 12 heteroatoms. The Balaban J connectivity index is 0.966. The number of para-hydroxylation sites is 1. The van der Waals surface area contributed by atoms with E-state index in [1.165, 1.54) is 6.07 Å². The maximum atomic E-state index is 12.4. The number of nitrogens with one attached hydrogen (secondary N) is 1. The van der Waals surface area contributed by atoms with Crippen LogP contribution in [0.15, 0.2) is 59.2 Å². The van der Waals surface area contributed by atoms with Crippen molar-refractivity contribution in [1.82, 2.24) is 25.2 Å². The predicted octanol–water partition coefficient (Wildman–Crippen LogP) is 4.28. The fourth-order valence-corrected chi connectivity index (χ4v) is 7.26. The Bertz CT molecular complexity index is 1700. The van der Waals surface area contributed by atoms with Crippen LogP contribution in [0.1, 0.15) is 36.0 Å². The van der Waals surface area contributed by atoms with E-state index in [2.05, 4.69) is 20.2 Å². The number of carbonyl (C=O) groups excluding carboxylic acids is 1. The number of non-ortho nitro benzene ring substituents is 1. The monoisotopic (exact) mass is 601 g/mol. The Morgan fingerprint density at radius 3 is 2.70 bits per heavy atom. The minimum atomic E-state index is -0.460. The molecule has 0 fully saturated rings. The molecule has 6 rings (SSSR count). The van der Waals surface area contributed by atoms with Gasteiger partial charge in [0.25, 0.3) is 5.91 Å². The smallest absolute Gasteiger partial charge is 0.0900 e. The van der Waals surface area contributed by atoms with Gasteiger partial charge in [0.1, 0.15) is 0 Å². The number of aromatic nitrogens is 4. The first-order valence-corrected chi connectivity index (χ1v) is 15.4. The number of unbranched alkanes of at least 4 members (excludes halogenated alkanes) is 3. The summed E-state index contributed by atoms with van der Waals surface area (Å²) in [7, 11) is 0. The van der Waals surface area contributed by atoms with Crippen molar-refractivity contribution in [3.05, 3.63) is 70.3 Å². The summed E-state index contributed by atoms with van der Waals surface area (Å²) in [4.78, 5) is 27.9. The molecule has 1 amide bonds. The maximum Gasteiger partial charge on any atom is 0.0900 e. The van der Waals surface area contributed by atoms with E-state index in [1.54, 1.807) is 6.07 Å². The number of nitrogens with zero attached hydrogens (tertiary/aromatic N) is 5. The van der Waals surface area contributed by atoms with Crippen LogP contribution < -0.4 is 14.4 Å². The Morgan fingerprint density at radius 1 is 1.02 bits per heavy atom. The first kappa shape index (κ1) is 26.0. The van der Waals surface area contributed by atoms with E-state index in [0.717, 1.165) is 63.4 Å². The van der Waals surface area contributed by atoms with Gasteiger partial charge in [0.2, 0.25) is 0 Å². The van der Waals surface area contributed by atoms with Crippen LogP contribution in [0.3, 0.4) is 0 Å². The molecule has 1 aliphatic rings. The van der Waals surface area contributed by atoms with Crippen LogP contribution in [-0.2, 0) is 6.54 Å². The summed E-state index contributed by atoms with van der Waals surface area (Å²) >= 11 is -0.162. The van der Waals surface area contributed by atoms with Crippen LogP contribution in [0.5, 0.6) is 5.75 Å². The summed E-state index contributed by atoms with van der Waals surface area (Å²) in [5.74, 6) is 1.61. The molecule has 2 aromatic heterocycles. The number of amides is 1. The van der Waals surface area contributed by atoms with Gasteiger partial charge in [-0.2, -0.15) is 0 Å². The third-order valence-corrected chi connectivity index (χ3v) is 9.52. The summed E-state index contributed by atoms with van der Waals surface area (Å²) < 4.78 is 13.8. The van der Waals surface area contributed by atoms with Crippen LogP contribution >= 0.6 is 0 Å². The zero-order valence-electron chi connectivity index (χ0n) is 21.6. The van der Waals surface area contributed by atoms with E-state index in [9.17, 15) is 14.9 Å². The largest absolute Gasteiger partial charge is 0.228 e. The number of nitro benzene ring substituents is 1. The number of imidazole rings is 1. The summed E-state index contributed by atoms with van der Waals surface area (Å²) in [5.41, 5.74) is 4.02. The van der Waals surface area contributed by atoms with Crippen molar-refractivity contribution < 1.29 is 19.1 Å². The van der Waals surface area contributed by atoms with Crippen LogP contribution in [0, 0.1) is 10.1 Å². The second-order valence-corrected chi connectivity index (χ2v) is 12.1. The number of carbonyl (C=O) groups is 1. The van der Waals surface area contributed by atoms with E-state index in [-0.39, 0.29) is 32.9 Å². The molecule has 0 saturated carbocycles. The summed E-state index contributed by atoms with van der Waals surface area (Å²) in [6.07, 6.45) is 4.22. The van der Waals surface area contributed by atoms with Crippen LogP contribution in [0.25, 0.3) is 33.5 Å². The van der Waals surface area contributed by atoms with Gasteiger partial charge in [0.15, 0.2) is 0 Å². The number of ether oxygens (including phenoxy) is 1. The van der Waals surface area contributed by atoms with Gasteiger partial charge >= 0.3 is 163 Å². The normalized spacial score (nSPS) is 13.2. The Hall–Kier alpha value is -4.24. The summed E-state index contributed by atoms with van der Waals surface area (Å²) in [6, 6.07) is 16.9. The van der Waals surface area contributed by atoms with E-state index >= 15 is 0 Å². The van der Waals surface area contributed by atoms with Gasteiger partial charge in [0, 0.05) is 13.1 Å². The number of rotatable bonds is 11. The van der Waals surface area contributed by atoms with E-state index < -0.39 is 4.92 Å². The molecule has 3 heterocycles. The molecule has 1 radical (unpaired) electrons. The van der Waals surface area contributed by atoms with Gasteiger partial charge in [-0.05, 0) is 12.1 Å². The second kappa shape index (κ2) is 11.5. The van der Waals surface area contributed by atoms with Gasteiger partial charge in [0.05, 0.1) is 16.6 Å². The van der Waals surface area contributed by atoms with Crippen molar-refractivity contribution in [2.45, 2.75) is 37.4 Å². The minimum Gasteiger partial charge on any atom is -0.228 e. The average molecular weight is 601 g/mol. The van der Waals surface area contributed by atoms with Gasteiger partial charge < -0.3 is 9.88 Å². The molecule has 1 N–H and O–H groups in total.